The van der Waals surface area contributed by atoms with Crippen LogP contribution in [0.1, 0.15) is 56.1 Å². The zero-order valence-corrected chi connectivity index (χ0v) is 22.4. The Balaban J connectivity index is 1.17. The Bertz CT molecular complexity index is 1680. The second-order valence-corrected chi connectivity index (χ2v) is 12.6. The van der Waals surface area contributed by atoms with Crippen molar-refractivity contribution in [2.45, 2.75) is 61.9 Å². The average Bonchev–Trinajstić information content (AvgIpc) is 3.57. The molecule has 206 valence electrons. The van der Waals surface area contributed by atoms with E-state index in [1.165, 1.54) is 12.1 Å². The van der Waals surface area contributed by atoms with E-state index in [4.69, 9.17) is 4.98 Å². The summed E-state index contributed by atoms with van der Waals surface area (Å²) in [5, 5.41) is 22.8. The summed E-state index contributed by atoms with van der Waals surface area (Å²) >= 11 is 0. The van der Waals surface area contributed by atoms with E-state index >= 15 is 0 Å². The van der Waals surface area contributed by atoms with Crippen LogP contribution in [0.15, 0.2) is 40.9 Å². The molecule has 6 rings (SSSR count). The molecule has 2 aromatic heterocycles. The first kappa shape index (κ1) is 25.9. The summed E-state index contributed by atoms with van der Waals surface area (Å²) in [6.07, 6.45) is 8.27. The Morgan fingerprint density at radius 1 is 1.05 bits per heavy atom. The molecule has 3 fully saturated rings. The monoisotopic (exact) mass is 560 g/mol. The number of imide groups is 1. The molecule has 0 unspecified atom stereocenters. The van der Waals surface area contributed by atoms with Gasteiger partial charge in [-0.3, -0.25) is 14.9 Å². The molecule has 13 heteroatoms. The number of nitrogens with one attached hydrogen (secondary N) is 3. The second kappa shape index (κ2) is 10.3. The number of carbonyl (C=O) groups excluding carboxylic acids is 2. The molecule has 3 aliphatic rings. The molecular weight excluding hydrogens is 532 g/mol. The first-order chi connectivity index (χ1) is 19.3. The van der Waals surface area contributed by atoms with Crippen molar-refractivity contribution in [1.29, 1.82) is 5.26 Å². The third kappa shape index (κ3) is 5.40. The van der Waals surface area contributed by atoms with Crippen LogP contribution in [-0.2, 0) is 19.4 Å². The van der Waals surface area contributed by atoms with Crippen molar-refractivity contribution in [1.82, 2.24) is 24.9 Å². The minimum atomic E-state index is -3.57. The molecule has 1 aromatic carbocycles. The van der Waals surface area contributed by atoms with E-state index in [0.29, 0.717) is 47.6 Å². The van der Waals surface area contributed by atoms with Crippen LogP contribution in [0.25, 0.3) is 11.7 Å². The van der Waals surface area contributed by atoms with Crippen LogP contribution in [0.2, 0.25) is 0 Å². The topological polar surface area (TPSA) is 171 Å². The lowest BCUT2D eigenvalue weighted by Crippen LogP contribution is -2.30. The number of anilines is 2. The average molecular weight is 561 g/mol. The van der Waals surface area contributed by atoms with Crippen molar-refractivity contribution >= 4 is 45.3 Å². The van der Waals surface area contributed by atoms with Gasteiger partial charge in [-0.15, -0.1) is 0 Å². The highest BCUT2D eigenvalue weighted by molar-refractivity contribution is 7.91. The highest BCUT2D eigenvalue weighted by Gasteiger charge is 2.30. The lowest BCUT2D eigenvalue weighted by Gasteiger charge is -2.29. The van der Waals surface area contributed by atoms with Gasteiger partial charge in [0.15, 0.2) is 15.5 Å². The normalized spacial score (nSPS) is 22.3. The van der Waals surface area contributed by atoms with Gasteiger partial charge in [0.2, 0.25) is 17.8 Å². The van der Waals surface area contributed by atoms with Gasteiger partial charge in [0.1, 0.15) is 6.07 Å². The van der Waals surface area contributed by atoms with Crippen LogP contribution < -0.4 is 16.0 Å². The lowest BCUT2D eigenvalue weighted by atomic mass is 9.87. The predicted molar refractivity (Wildman–Crippen MR) is 146 cm³/mol. The third-order valence-electron chi connectivity index (χ3n) is 7.51. The first-order valence-corrected chi connectivity index (χ1v) is 15.0. The van der Waals surface area contributed by atoms with Gasteiger partial charge in [0.25, 0.3) is 5.91 Å². The van der Waals surface area contributed by atoms with Crippen LogP contribution in [0.4, 0.5) is 11.9 Å². The Labute approximate surface area is 230 Å². The smallest absolute Gasteiger partial charge is 0.254 e. The number of hydrogen-bond donors (Lipinski definition) is 3. The summed E-state index contributed by atoms with van der Waals surface area (Å²) in [4.78, 5) is 33.2. The molecule has 2 amide bonds. The molecule has 3 heterocycles. The zero-order chi connectivity index (χ0) is 27.9. The third-order valence-corrected chi connectivity index (χ3v) is 9.45. The van der Waals surface area contributed by atoms with E-state index in [9.17, 15) is 23.3 Å². The number of benzene rings is 1. The maximum Gasteiger partial charge on any atom is 0.254 e. The Kier molecular flexibility index (Phi) is 6.71. The molecule has 1 saturated heterocycles. The summed E-state index contributed by atoms with van der Waals surface area (Å²) < 4.78 is 27.7. The van der Waals surface area contributed by atoms with Crippen molar-refractivity contribution in [3.8, 4) is 6.07 Å². The molecule has 3 N–H and O–H groups in total. The molecule has 0 spiro atoms. The van der Waals surface area contributed by atoms with E-state index in [0.717, 1.165) is 25.7 Å². The fourth-order valence-corrected chi connectivity index (χ4v) is 7.13. The number of aromatic nitrogens is 4. The number of rotatable bonds is 8. The molecule has 40 heavy (non-hydrogen) atoms. The highest BCUT2D eigenvalue weighted by atomic mass is 32.2. The number of carbonyl (C=O) groups is 2. The molecule has 0 atom stereocenters. The van der Waals surface area contributed by atoms with Gasteiger partial charge < -0.3 is 10.6 Å². The summed E-state index contributed by atoms with van der Waals surface area (Å²) in [5.74, 6) is 0.227. The molecule has 0 bridgehead atoms. The van der Waals surface area contributed by atoms with Gasteiger partial charge in [-0.1, -0.05) is 12.1 Å². The van der Waals surface area contributed by atoms with Crippen molar-refractivity contribution < 1.29 is 18.0 Å². The predicted octanol–water partition coefficient (Wildman–Crippen LogP) is 2.44. The molecule has 0 radical (unpaired) electrons. The van der Waals surface area contributed by atoms with Crippen molar-refractivity contribution in [3.05, 3.63) is 47.2 Å². The number of amides is 2. The molecule has 1 aliphatic heterocycles. The molecule has 2 saturated carbocycles. The zero-order valence-electron chi connectivity index (χ0n) is 21.6. The summed E-state index contributed by atoms with van der Waals surface area (Å²) in [5.41, 5.74) is 1.65. The summed E-state index contributed by atoms with van der Waals surface area (Å²) in [6, 6.07) is 8.69. The van der Waals surface area contributed by atoms with E-state index < -0.39 is 15.7 Å². The quantitative estimate of drug-likeness (QED) is 0.274. The van der Waals surface area contributed by atoms with Crippen LogP contribution in [0, 0.1) is 17.2 Å². The fraction of sp³-hybridized carbons (Fsp3) is 0.407. The SMILES string of the molecule is N#Cc1ccccc1S(=O)(=O)CC1CCC(Nc2nc(NC3CC3)n3ncc(/C=C4\CC(=O)NC4=O)c3n2)CC1. The molecule has 2 aliphatic carbocycles. The Hall–Kier alpha value is -4.31. The molecule has 3 aromatic rings. The number of fused-ring (bicyclic) bond motifs is 1. The standard InChI is InChI=1S/C27H28N8O4S/c28-13-17-3-1-2-4-22(17)40(38,39)15-16-5-7-20(8-6-16)30-26-33-24-19(11-18-12-23(36)32-25(18)37)14-29-35(24)27(34-26)31-21-9-10-21/h1-4,11,14,16,20-21H,5-10,12,15H2,(H,32,36,37)(H2,30,31,33,34)/b18-11+. The maximum atomic E-state index is 13.0. The van der Waals surface area contributed by atoms with Gasteiger partial charge in [0, 0.05) is 23.2 Å². The number of sulfone groups is 1. The van der Waals surface area contributed by atoms with Crippen molar-refractivity contribution in [2.24, 2.45) is 5.92 Å². The minimum Gasteiger partial charge on any atom is -0.351 e. The van der Waals surface area contributed by atoms with E-state index in [1.807, 2.05) is 6.07 Å². The first-order valence-electron chi connectivity index (χ1n) is 13.3. The Morgan fingerprint density at radius 2 is 1.77 bits per heavy atom. The van der Waals surface area contributed by atoms with E-state index in [1.54, 1.807) is 28.9 Å². The van der Waals surface area contributed by atoms with Crippen molar-refractivity contribution in [2.75, 3.05) is 16.4 Å². The number of hydrogen-bond acceptors (Lipinski definition) is 10. The second-order valence-electron chi connectivity index (χ2n) is 10.6. The van der Waals surface area contributed by atoms with Gasteiger partial charge in [-0.05, 0) is 62.7 Å². The molecule has 12 nitrogen and oxygen atoms in total. The van der Waals surface area contributed by atoms with Crippen LogP contribution in [0.3, 0.4) is 0 Å². The lowest BCUT2D eigenvalue weighted by molar-refractivity contribution is -0.124. The maximum absolute atomic E-state index is 13.0. The van der Waals surface area contributed by atoms with E-state index in [2.05, 4.69) is 26.0 Å². The van der Waals surface area contributed by atoms with Crippen LogP contribution >= 0.6 is 0 Å². The number of nitrogens with zero attached hydrogens (tertiary/aromatic N) is 5. The summed E-state index contributed by atoms with van der Waals surface area (Å²) in [7, 11) is -3.57. The van der Waals surface area contributed by atoms with Gasteiger partial charge in [0.05, 0.1) is 28.8 Å². The Morgan fingerprint density at radius 3 is 2.48 bits per heavy atom. The number of nitriles is 1. The highest BCUT2D eigenvalue weighted by Crippen LogP contribution is 2.31. The van der Waals surface area contributed by atoms with Crippen molar-refractivity contribution in [3.63, 3.8) is 0 Å². The van der Waals surface area contributed by atoms with Crippen LogP contribution in [0.5, 0.6) is 0 Å². The fourth-order valence-electron chi connectivity index (χ4n) is 5.26. The van der Waals surface area contributed by atoms with Gasteiger partial charge >= 0.3 is 0 Å². The molecular formula is C27H28N8O4S. The largest absolute Gasteiger partial charge is 0.351 e. The summed E-state index contributed by atoms with van der Waals surface area (Å²) in [6.45, 7) is 0. The van der Waals surface area contributed by atoms with Crippen LogP contribution in [-0.4, -0.2) is 57.7 Å². The van der Waals surface area contributed by atoms with Gasteiger partial charge in [-0.25, -0.2) is 8.42 Å². The minimum absolute atomic E-state index is 0.00128. The van der Waals surface area contributed by atoms with E-state index in [-0.39, 0.29) is 40.5 Å². The van der Waals surface area contributed by atoms with Gasteiger partial charge in [-0.2, -0.15) is 24.8 Å².